The normalized spacial score (nSPS) is 10.4. The van der Waals surface area contributed by atoms with Crippen molar-refractivity contribution in [2.75, 3.05) is 6.54 Å². The van der Waals surface area contributed by atoms with Crippen LogP contribution in [0, 0.1) is 6.92 Å². The number of nitrogens with zero attached hydrogens (tertiary/aromatic N) is 1. The Morgan fingerprint density at radius 3 is 2.68 bits per heavy atom. The number of nitrogens with one attached hydrogen (secondary N) is 1. The van der Waals surface area contributed by atoms with E-state index in [2.05, 4.69) is 10.3 Å². The first-order valence-corrected chi connectivity index (χ1v) is 7.88. The van der Waals surface area contributed by atoms with E-state index in [1.54, 1.807) is 0 Å². The van der Waals surface area contributed by atoms with Crippen LogP contribution in [0.25, 0.3) is 0 Å². The fourth-order valence-corrected chi connectivity index (χ4v) is 3.05. The minimum atomic E-state index is -0.853. The maximum Gasteiger partial charge on any atom is 0.303 e. The molecule has 0 radical (unpaired) electrons. The lowest BCUT2D eigenvalue weighted by molar-refractivity contribution is -0.137. The van der Waals surface area contributed by atoms with Crippen molar-refractivity contribution in [2.24, 2.45) is 0 Å². The topological polar surface area (TPSA) is 79.3 Å². The van der Waals surface area contributed by atoms with E-state index in [0.717, 1.165) is 10.6 Å². The molecule has 0 aliphatic carbocycles. The Kier molecular flexibility index (Phi) is 5.66. The Morgan fingerprint density at radius 1 is 1.27 bits per heavy atom. The molecule has 116 valence electrons. The highest BCUT2D eigenvalue weighted by atomic mass is 32.1. The van der Waals surface area contributed by atoms with Crippen LogP contribution in [-0.4, -0.2) is 28.5 Å². The molecule has 1 amide bonds. The van der Waals surface area contributed by atoms with Gasteiger partial charge >= 0.3 is 5.97 Å². The van der Waals surface area contributed by atoms with Crippen LogP contribution in [-0.2, 0) is 11.2 Å². The summed E-state index contributed by atoms with van der Waals surface area (Å²) in [5.41, 5.74) is 1.87. The van der Waals surface area contributed by atoms with Crippen LogP contribution < -0.4 is 5.32 Å². The van der Waals surface area contributed by atoms with Crippen molar-refractivity contribution in [3.8, 4) is 0 Å². The fourth-order valence-electron chi connectivity index (χ4n) is 2.03. The maximum atomic E-state index is 12.1. The Morgan fingerprint density at radius 2 is 2.00 bits per heavy atom. The second-order valence-corrected chi connectivity index (χ2v) is 6.02. The van der Waals surface area contributed by atoms with Crippen LogP contribution in [0.15, 0.2) is 30.3 Å². The van der Waals surface area contributed by atoms with Crippen molar-refractivity contribution in [2.45, 2.75) is 26.2 Å². The minimum Gasteiger partial charge on any atom is -0.481 e. The van der Waals surface area contributed by atoms with E-state index in [9.17, 15) is 9.59 Å². The summed E-state index contributed by atoms with van der Waals surface area (Å²) in [5.74, 6) is -1.03. The van der Waals surface area contributed by atoms with Crippen molar-refractivity contribution in [3.05, 3.63) is 51.5 Å². The van der Waals surface area contributed by atoms with Gasteiger partial charge in [0, 0.05) is 19.4 Å². The lowest BCUT2D eigenvalue weighted by Gasteiger charge is -2.02. The van der Waals surface area contributed by atoms with Crippen molar-refractivity contribution in [3.63, 3.8) is 0 Å². The van der Waals surface area contributed by atoms with E-state index in [4.69, 9.17) is 5.11 Å². The molecule has 22 heavy (non-hydrogen) atoms. The molecule has 1 aromatic heterocycles. The third kappa shape index (κ3) is 4.66. The Balaban J connectivity index is 1.94. The highest BCUT2D eigenvalue weighted by Gasteiger charge is 2.15. The monoisotopic (exact) mass is 318 g/mol. The number of rotatable bonds is 7. The van der Waals surface area contributed by atoms with Crippen LogP contribution in [0.1, 0.15) is 38.8 Å². The number of hydrogen-bond donors (Lipinski definition) is 2. The number of amides is 1. The molecule has 6 heteroatoms. The Hall–Kier alpha value is -2.21. The van der Waals surface area contributed by atoms with Crippen LogP contribution >= 0.6 is 11.3 Å². The van der Waals surface area contributed by atoms with Gasteiger partial charge in [-0.2, -0.15) is 0 Å². The predicted octanol–water partition coefficient (Wildman–Crippen LogP) is 2.64. The predicted molar refractivity (Wildman–Crippen MR) is 85.3 cm³/mol. The van der Waals surface area contributed by atoms with Gasteiger partial charge in [-0.3, -0.25) is 9.59 Å². The first-order chi connectivity index (χ1) is 10.6. The fraction of sp³-hybridized carbons (Fsp3) is 0.312. The Bertz CT molecular complexity index is 653. The molecule has 5 nitrogen and oxygen atoms in total. The molecular formula is C16H18N2O3S. The molecule has 2 aromatic rings. The van der Waals surface area contributed by atoms with E-state index in [1.165, 1.54) is 11.3 Å². The molecule has 2 rings (SSSR count). The lowest BCUT2D eigenvalue weighted by Crippen LogP contribution is -2.24. The van der Waals surface area contributed by atoms with E-state index in [-0.39, 0.29) is 12.3 Å². The largest absolute Gasteiger partial charge is 0.481 e. The number of aromatic nitrogens is 1. The summed E-state index contributed by atoms with van der Waals surface area (Å²) in [6.45, 7) is 2.17. The third-order valence-corrected chi connectivity index (χ3v) is 4.25. The molecule has 1 aromatic carbocycles. The zero-order valence-electron chi connectivity index (χ0n) is 12.3. The van der Waals surface area contributed by atoms with Gasteiger partial charge in [-0.15, -0.1) is 11.3 Å². The summed E-state index contributed by atoms with van der Waals surface area (Å²) < 4.78 is 0. The van der Waals surface area contributed by atoms with Crippen molar-refractivity contribution in [1.82, 2.24) is 10.3 Å². The highest BCUT2D eigenvalue weighted by molar-refractivity contribution is 7.13. The van der Waals surface area contributed by atoms with Gasteiger partial charge in [0.15, 0.2) is 0 Å². The van der Waals surface area contributed by atoms with E-state index in [0.29, 0.717) is 30.0 Å². The smallest absolute Gasteiger partial charge is 0.303 e. The van der Waals surface area contributed by atoms with Gasteiger partial charge in [-0.25, -0.2) is 4.98 Å². The molecule has 0 fully saturated rings. The Labute approximate surface area is 133 Å². The van der Waals surface area contributed by atoms with Crippen LogP contribution in [0.5, 0.6) is 0 Å². The van der Waals surface area contributed by atoms with E-state index >= 15 is 0 Å². The first-order valence-electron chi connectivity index (χ1n) is 7.06. The van der Waals surface area contributed by atoms with Crippen LogP contribution in [0.3, 0.4) is 0 Å². The maximum absolute atomic E-state index is 12.1. The quantitative estimate of drug-likeness (QED) is 0.769. The SMILES string of the molecule is Cc1nc(Cc2ccccc2)sc1C(=O)NCCCC(=O)O. The van der Waals surface area contributed by atoms with Gasteiger partial charge in [-0.1, -0.05) is 30.3 Å². The number of carbonyl (C=O) groups excluding carboxylic acids is 1. The second-order valence-electron chi connectivity index (χ2n) is 4.94. The summed E-state index contributed by atoms with van der Waals surface area (Å²) in [4.78, 5) is 27.6. The number of carboxylic acids is 1. The molecule has 1 heterocycles. The molecular weight excluding hydrogens is 300 g/mol. The molecule has 0 atom stereocenters. The zero-order chi connectivity index (χ0) is 15.9. The minimum absolute atomic E-state index is 0.0568. The number of carboxylic acid groups (broad SMARTS) is 1. The van der Waals surface area contributed by atoms with Gasteiger partial charge in [-0.05, 0) is 18.9 Å². The molecule has 0 aliphatic rings. The zero-order valence-corrected chi connectivity index (χ0v) is 13.2. The van der Waals surface area contributed by atoms with Crippen molar-refractivity contribution < 1.29 is 14.7 Å². The van der Waals surface area contributed by atoms with Gasteiger partial charge < -0.3 is 10.4 Å². The van der Waals surface area contributed by atoms with Crippen molar-refractivity contribution in [1.29, 1.82) is 0 Å². The summed E-state index contributed by atoms with van der Waals surface area (Å²) in [6.07, 6.45) is 1.19. The number of hydrogen-bond acceptors (Lipinski definition) is 4. The number of carbonyl (C=O) groups is 2. The molecule has 0 bridgehead atoms. The van der Waals surface area contributed by atoms with Gasteiger partial charge in [0.25, 0.3) is 5.91 Å². The number of thiazole rings is 1. The number of benzene rings is 1. The lowest BCUT2D eigenvalue weighted by atomic mass is 10.2. The van der Waals surface area contributed by atoms with Gasteiger partial charge in [0.2, 0.25) is 0 Å². The summed E-state index contributed by atoms with van der Waals surface area (Å²) in [5, 5.41) is 12.2. The summed E-state index contributed by atoms with van der Waals surface area (Å²) in [7, 11) is 0. The van der Waals surface area contributed by atoms with Crippen molar-refractivity contribution >= 4 is 23.2 Å². The third-order valence-electron chi connectivity index (χ3n) is 3.10. The van der Waals surface area contributed by atoms with E-state index < -0.39 is 5.97 Å². The average molecular weight is 318 g/mol. The molecule has 0 saturated heterocycles. The molecule has 0 saturated carbocycles. The average Bonchev–Trinajstić information content (AvgIpc) is 2.85. The molecule has 2 N–H and O–H groups in total. The van der Waals surface area contributed by atoms with Crippen LogP contribution in [0.2, 0.25) is 0 Å². The first kappa shape index (κ1) is 16.2. The van der Waals surface area contributed by atoms with Crippen LogP contribution in [0.4, 0.5) is 0 Å². The second kappa shape index (κ2) is 7.70. The molecule has 0 unspecified atom stereocenters. The highest BCUT2D eigenvalue weighted by Crippen LogP contribution is 2.20. The molecule has 0 spiro atoms. The number of aryl methyl sites for hydroxylation is 1. The van der Waals surface area contributed by atoms with E-state index in [1.807, 2.05) is 37.3 Å². The summed E-state index contributed by atoms with van der Waals surface area (Å²) >= 11 is 1.39. The van der Waals surface area contributed by atoms with Gasteiger partial charge in [0.05, 0.1) is 10.7 Å². The standard InChI is InChI=1S/C16H18N2O3S/c1-11-15(16(21)17-9-5-8-14(19)20)22-13(18-11)10-12-6-3-2-4-7-12/h2-4,6-7H,5,8-10H2,1H3,(H,17,21)(H,19,20). The molecule has 0 aliphatic heterocycles. The van der Waals surface area contributed by atoms with Gasteiger partial charge in [0.1, 0.15) is 4.88 Å². The number of aliphatic carboxylic acids is 1. The summed E-state index contributed by atoms with van der Waals surface area (Å²) in [6, 6.07) is 9.98.